The van der Waals surface area contributed by atoms with Crippen LogP contribution in [0.4, 0.5) is 36.3 Å². The van der Waals surface area contributed by atoms with E-state index in [9.17, 15) is 13.2 Å². The number of benzene rings is 1. The van der Waals surface area contributed by atoms with E-state index in [1.54, 1.807) is 24.1 Å². The molecule has 0 bridgehead atoms. The second-order valence-electron chi connectivity index (χ2n) is 9.57. The molecule has 0 aliphatic rings. The summed E-state index contributed by atoms with van der Waals surface area (Å²) in [5, 5.41) is 11.3. The lowest BCUT2D eigenvalue weighted by molar-refractivity contribution is -0.137. The Morgan fingerprint density at radius 2 is 1.70 bits per heavy atom. The standard InChI is InChI=1S/C24H28F3N7O2Si/c1-35-20-11-19-16(13-31-34(19)15-36-7-8-37(2,3)4)9-18(20)32-22-12-23(30-14-29-22)33-21-10-17(5-6-28-21)24(25,26)27/h5-6,9-14H,7-8,15H2,1-4H3,(H2,28,29,30,32,33). The highest BCUT2D eigenvalue weighted by atomic mass is 28.3. The molecule has 0 spiro atoms. The van der Waals surface area contributed by atoms with Crippen LogP contribution in [-0.4, -0.2) is 46.5 Å². The third-order valence-electron chi connectivity index (χ3n) is 5.45. The first-order chi connectivity index (χ1) is 17.5. The number of methoxy groups -OCH3 is 1. The van der Waals surface area contributed by atoms with Crippen LogP contribution >= 0.6 is 0 Å². The first-order valence-corrected chi connectivity index (χ1v) is 15.2. The summed E-state index contributed by atoms with van der Waals surface area (Å²) in [5.41, 5.74) is 0.685. The zero-order chi connectivity index (χ0) is 26.6. The maximum atomic E-state index is 13.0. The summed E-state index contributed by atoms with van der Waals surface area (Å²) < 4.78 is 52.2. The fourth-order valence-corrected chi connectivity index (χ4v) is 4.20. The fourth-order valence-electron chi connectivity index (χ4n) is 3.44. The molecule has 0 saturated heterocycles. The van der Waals surface area contributed by atoms with Crippen molar-refractivity contribution in [3.05, 3.63) is 54.6 Å². The number of halogens is 3. The first kappa shape index (κ1) is 26.4. The van der Waals surface area contributed by atoms with E-state index in [2.05, 4.69) is 50.3 Å². The second-order valence-corrected chi connectivity index (χ2v) is 15.2. The second kappa shape index (κ2) is 10.7. The van der Waals surface area contributed by atoms with Gasteiger partial charge >= 0.3 is 6.18 Å². The average Bonchev–Trinajstić information content (AvgIpc) is 3.22. The van der Waals surface area contributed by atoms with Gasteiger partial charge in [-0.05, 0) is 24.2 Å². The minimum Gasteiger partial charge on any atom is -0.494 e. The van der Waals surface area contributed by atoms with Gasteiger partial charge in [-0.15, -0.1) is 0 Å². The van der Waals surface area contributed by atoms with Gasteiger partial charge in [0.2, 0.25) is 0 Å². The molecule has 3 aromatic heterocycles. The van der Waals surface area contributed by atoms with Gasteiger partial charge in [0.25, 0.3) is 0 Å². The van der Waals surface area contributed by atoms with E-state index >= 15 is 0 Å². The summed E-state index contributed by atoms with van der Waals surface area (Å²) in [6.07, 6.45) is -0.350. The highest BCUT2D eigenvalue weighted by Gasteiger charge is 2.30. The van der Waals surface area contributed by atoms with Crippen LogP contribution in [0, 0.1) is 0 Å². The Balaban J connectivity index is 1.50. The molecule has 0 amide bonds. The van der Waals surface area contributed by atoms with Crippen molar-refractivity contribution in [2.45, 2.75) is 38.6 Å². The Kier molecular flexibility index (Phi) is 7.64. The van der Waals surface area contributed by atoms with E-state index in [1.165, 1.54) is 6.33 Å². The van der Waals surface area contributed by atoms with Gasteiger partial charge in [0.15, 0.2) is 0 Å². The maximum Gasteiger partial charge on any atom is 0.416 e. The summed E-state index contributed by atoms with van der Waals surface area (Å²) in [6, 6.07) is 8.19. The molecule has 37 heavy (non-hydrogen) atoms. The van der Waals surface area contributed by atoms with Gasteiger partial charge in [-0.3, -0.25) is 0 Å². The number of pyridine rings is 1. The summed E-state index contributed by atoms with van der Waals surface area (Å²) in [4.78, 5) is 12.2. The zero-order valence-electron chi connectivity index (χ0n) is 20.9. The number of alkyl halides is 3. The van der Waals surface area contributed by atoms with E-state index in [0.29, 0.717) is 30.6 Å². The molecule has 0 radical (unpaired) electrons. The molecule has 9 nitrogen and oxygen atoms in total. The molecule has 0 fully saturated rings. The monoisotopic (exact) mass is 531 g/mol. The molecule has 0 aliphatic carbocycles. The van der Waals surface area contributed by atoms with Crippen molar-refractivity contribution in [2.75, 3.05) is 24.4 Å². The van der Waals surface area contributed by atoms with Crippen molar-refractivity contribution < 1.29 is 22.6 Å². The number of hydrogen-bond acceptors (Lipinski definition) is 8. The Morgan fingerprint density at radius 3 is 2.41 bits per heavy atom. The highest BCUT2D eigenvalue weighted by molar-refractivity contribution is 6.76. The molecular weight excluding hydrogens is 503 g/mol. The molecule has 0 aliphatic heterocycles. The summed E-state index contributed by atoms with van der Waals surface area (Å²) in [6.45, 7) is 7.94. The van der Waals surface area contributed by atoms with Gasteiger partial charge in [0.05, 0.1) is 30.1 Å². The Morgan fingerprint density at radius 1 is 0.973 bits per heavy atom. The molecule has 2 N–H and O–H groups in total. The van der Waals surface area contributed by atoms with Crippen LogP contribution in [0.25, 0.3) is 10.9 Å². The van der Waals surface area contributed by atoms with Crippen LogP contribution in [-0.2, 0) is 17.6 Å². The maximum absolute atomic E-state index is 13.0. The molecule has 1 aromatic carbocycles. The number of anilines is 4. The van der Waals surface area contributed by atoms with Gasteiger partial charge in [-0.2, -0.15) is 18.3 Å². The molecule has 0 saturated carbocycles. The van der Waals surface area contributed by atoms with Crippen molar-refractivity contribution in [2.24, 2.45) is 0 Å². The lowest BCUT2D eigenvalue weighted by Gasteiger charge is -2.15. The molecule has 4 aromatic rings. The quantitative estimate of drug-likeness (QED) is 0.189. The van der Waals surface area contributed by atoms with Crippen LogP contribution in [0.2, 0.25) is 25.7 Å². The molecule has 3 heterocycles. The van der Waals surface area contributed by atoms with Gasteiger partial charge in [0, 0.05) is 38.4 Å². The number of rotatable bonds is 10. The predicted molar refractivity (Wildman–Crippen MR) is 138 cm³/mol. The summed E-state index contributed by atoms with van der Waals surface area (Å²) >= 11 is 0. The normalized spacial score (nSPS) is 12.1. The Labute approximate surface area is 213 Å². The van der Waals surface area contributed by atoms with Crippen molar-refractivity contribution in [3.8, 4) is 5.75 Å². The number of hydrogen-bond donors (Lipinski definition) is 2. The lowest BCUT2D eigenvalue weighted by Crippen LogP contribution is -2.22. The Bertz CT molecular complexity index is 1370. The van der Waals surface area contributed by atoms with Crippen molar-refractivity contribution >= 4 is 42.1 Å². The van der Waals surface area contributed by atoms with Crippen LogP contribution in [0.5, 0.6) is 5.75 Å². The van der Waals surface area contributed by atoms with E-state index in [4.69, 9.17) is 9.47 Å². The molecule has 4 rings (SSSR count). The highest BCUT2D eigenvalue weighted by Crippen LogP contribution is 2.33. The van der Waals surface area contributed by atoms with Crippen LogP contribution < -0.4 is 15.4 Å². The largest absolute Gasteiger partial charge is 0.494 e. The number of nitrogens with one attached hydrogen (secondary N) is 2. The van der Waals surface area contributed by atoms with E-state index in [1.807, 2.05) is 12.1 Å². The molecule has 196 valence electrons. The van der Waals surface area contributed by atoms with Gasteiger partial charge in [-0.25, -0.2) is 19.6 Å². The van der Waals surface area contributed by atoms with Gasteiger partial charge < -0.3 is 20.1 Å². The van der Waals surface area contributed by atoms with Gasteiger partial charge in [0.1, 0.15) is 36.3 Å². The van der Waals surface area contributed by atoms with Crippen LogP contribution in [0.15, 0.2) is 49.1 Å². The fraction of sp³-hybridized carbons (Fsp3) is 0.333. The predicted octanol–water partition coefficient (Wildman–Crippen LogP) is 6.05. The summed E-state index contributed by atoms with van der Waals surface area (Å²) in [5.74, 6) is 1.25. The third kappa shape index (κ3) is 6.95. The minimum absolute atomic E-state index is 0.0120. The molecule has 0 unspecified atom stereocenters. The number of aromatic nitrogens is 5. The van der Waals surface area contributed by atoms with Crippen LogP contribution in [0.3, 0.4) is 0 Å². The SMILES string of the molecule is COc1cc2c(cnn2COCC[Si](C)(C)C)cc1Nc1cc(Nc2cc(C(F)(F)F)ccn2)ncn1. The topological polar surface area (TPSA) is 99.0 Å². The smallest absolute Gasteiger partial charge is 0.416 e. The zero-order valence-corrected chi connectivity index (χ0v) is 21.9. The average molecular weight is 532 g/mol. The summed E-state index contributed by atoms with van der Waals surface area (Å²) in [7, 11) is 0.384. The number of fused-ring (bicyclic) bond motifs is 1. The van der Waals surface area contributed by atoms with Crippen molar-refractivity contribution in [1.82, 2.24) is 24.7 Å². The van der Waals surface area contributed by atoms with Crippen molar-refractivity contribution in [1.29, 1.82) is 0 Å². The van der Waals surface area contributed by atoms with Crippen molar-refractivity contribution in [3.63, 3.8) is 0 Å². The first-order valence-electron chi connectivity index (χ1n) is 11.5. The number of nitrogens with zero attached hydrogens (tertiary/aromatic N) is 5. The molecule has 13 heteroatoms. The number of ether oxygens (including phenoxy) is 2. The van der Waals surface area contributed by atoms with E-state index in [0.717, 1.165) is 35.3 Å². The van der Waals surface area contributed by atoms with Crippen LogP contribution in [0.1, 0.15) is 5.56 Å². The molecular formula is C24H28F3N7O2Si. The van der Waals surface area contributed by atoms with E-state index in [-0.39, 0.29) is 11.6 Å². The lowest BCUT2D eigenvalue weighted by atomic mass is 10.2. The third-order valence-corrected chi connectivity index (χ3v) is 7.15. The van der Waals surface area contributed by atoms with Gasteiger partial charge in [-0.1, -0.05) is 19.6 Å². The molecule has 0 atom stereocenters. The minimum atomic E-state index is -4.47. The Hall–Kier alpha value is -3.71. The van der Waals surface area contributed by atoms with E-state index < -0.39 is 19.8 Å².